The molecule has 0 spiro atoms. The minimum absolute atomic E-state index is 0.0119. The molecule has 182 valence electrons. The quantitative estimate of drug-likeness (QED) is 0.694. The third-order valence-corrected chi connectivity index (χ3v) is 6.14. The Kier molecular flexibility index (Phi) is 7.90. The van der Waals surface area contributed by atoms with Crippen molar-refractivity contribution in [2.75, 3.05) is 26.5 Å². The van der Waals surface area contributed by atoms with E-state index in [0.717, 1.165) is 58.8 Å². The summed E-state index contributed by atoms with van der Waals surface area (Å²) in [5, 5.41) is 12.1. The molecule has 34 heavy (non-hydrogen) atoms. The molecule has 0 aromatic heterocycles. The van der Waals surface area contributed by atoms with Crippen LogP contribution >= 0.6 is 0 Å². The summed E-state index contributed by atoms with van der Waals surface area (Å²) in [6.07, 6.45) is 3.33. The van der Waals surface area contributed by atoms with Crippen LogP contribution in [0.1, 0.15) is 47.9 Å². The summed E-state index contributed by atoms with van der Waals surface area (Å²) >= 11 is 0. The lowest BCUT2D eigenvalue weighted by Crippen LogP contribution is -2.37. The van der Waals surface area contributed by atoms with Gasteiger partial charge in [0.1, 0.15) is 5.75 Å². The molecule has 0 aliphatic carbocycles. The Balaban J connectivity index is 1.61. The Labute approximate surface area is 199 Å². The van der Waals surface area contributed by atoms with Gasteiger partial charge in [-0.3, -0.25) is 14.5 Å². The standard InChI is InChI=1S/C26H32N2O6/c1-18-11-23-24(34-17-33-23)13-20(18)14-28-15-21-12-19(6-8-26(30)31)5-7-22(21)32-10-4-2-3-9-27-25(29)16-28/h5,7,11-13H,2-4,6,8-10,14-17H2,1H3,(H,27,29)(H,30,31). The highest BCUT2D eigenvalue weighted by Crippen LogP contribution is 2.35. The summed E-state index contributed by atoms with van der Waals surface area (Å²) in [6.45, 7) is 4.80. The molecular weight excluding hydrogens is 436 g/mol. The van der Waals surface area contributed by atoms with Crippen molar-refractivity contribution in [3.05, 3.63) is 52.6 Å². The van der Waals surface area contributed by atoms with Gasteiger partial charge in [0.2, 0.25) is 12.7 Å². The largest absolute Gasteiger partial charge is 0.493 e. The van der Waals surface area contributed by atoms with Crippen molar-refractivity contribution in [1.82, 2.24) is 10.2 Å². The van der Waals surface area contributed by atoms with Crippen molar-refractivity contribution >= 4 is 11.9 Å². The minimum Gasteiger partial charge on any atom is -0.493 e. The van der Waals surface area contributed by atoms with Crippen LogP contribution in [0, 0.1) is 6.92 Å². The molecule has 0 bridgehead atoms. The number of fused-ring (bicyclic) bond motifs is 2. The van der Waals surface area contributed by atoms with Crippen LogP contribution in [0.25, 0.3) is 0 Å². The molecule has 0 atom stereocenters. The lowest BCUT2D eigenvalue weighted by molar-refractivity contribution is -0.137. The molecule has 2 N–H and O–H groups in total. The predicted molar refractivity (Wildman–Crippen MR) is 126 cm³/mol. The summed E-state index contributed by atoms with van der Waals surface area (Å²) < 4.78 is 17.2. The fraction of sp³-hybridized carbons (Fsp3) is 0.462. The second-order valence-corrected chi connectivity index (χ2v) is 8.87. The lowest BCUT2D eigenvalue weighted by atomic mass is 10.0. The average molecular weight is 469 g/mol. The first kappa shape index (κ1) is 23.9. The predicted octanol–water partition coefficient (Wildman–Crippen LogP) is 3.42. The van der Waals surface area contributed by atoms with E-state index in [4.69, 9.17) is 19.3 Å². The highest BCUT2D eigenvalue weighted by atomic mass is 16.7. The van der Waals surface area contributed by atoms with Crippen LogP contribution in [0.15, 0.2) is 30.3 Å². The first-order chi connectivity index (χ1) is 16.5. The number of hydrogen-bond donors (Lipinski definition) is 2. The number of nitrogens with zero attached hydrogens (tertiary/aromatic N) is 1. The number of amides is 1. The Morgan fingerprint density at radius 3 is 2.68 bits per heavy atom. The van der Waals surface area contributed by atoms with Gasteiger partial charge in [0, 0.05) is 31.6 Å². The zero-order valence-corrected chi connectivity index (χ0v) is 19.6. The number of benzene rings is 2. The lowest BCUT2D eigenvalue weighted by Gasteiger charge is -2.24. The number of aryl methyl sites for hydroxylation is 2. The zero-order chi connectivity index (χ0) is 23.9. The highest BCUT2D eigenvalue weighted by molar-refractivity contribution is 5.78. The number of carbonyl (C=O) groups excluding carboxylic acids is 1. The molecule has 8 nitrogen and oxygen atoms in total. The molecule has 2 heterocycles. The van der Waals surface area contributed by atoms with Gasteiger partial charge >= 0.3 is 5.97 Å². The molecule has 2 aliphatic heterocycles. The summed E-state index contributed by atoms with van der Waals surface area (Å²) in [4.78, 5) is 25.9. The van der Waals surface area contributed by atoms with Gasteiger partial charge in [-0.1, -0.05) is 12.1 Å². The third kappa shape index (κ3) is 6.41. The molecule has 1 amide bonds. The zero-order valence-electron chi connectivity index (χ0n) is 19.6. The van der Waals surface area contributed by atoms with Crippen molar-refractivity contribution in [1.29, 1.82) is 0 Å². The number of carboxylic acid groups (broad SMARTS) is 1. The number of carboxylic acids is 1. The molecule has 4 rings (SSSR count). The van der Waals surface area contributed by atoms with Gasteiger partial charge in [0.25, 0.3) is 0 Å². The van der Waals surface area contributed by atoms with Crippen molar-refractivity contribution in [2.24, 2.45) is 0 Å². The molecule has 0 saturated carbocycles. The molecule has 2 aromatic carbocycles. The second kappa shape index (κ2) is 11.2. The maximum atomic E-state index is 12.7. The third-order valence-electron chi connectivity index (χ3n) is 6.14. The Morgan fingerprint density at radius 1 is 1.03 bits per heavy atom. The fourth-order valence-corrected chi connectivity index (χ4v) is 4.28. The van der Waals surface area contributed by atoms with Crippen LogP contribution in [0.4, 0.5) is 0 Å². The Bertz CT molecular complexity index is 1040. The van der Waals surface area contributed by atoms with E-state index in [-0.39, 0.29) is 25.7 Å². The molecule has 2 aliphatic rings. The average Bonchev–Trinajstić information content (AvgIpc) is 3.25. The summed E-state index contributed by atoms with van der Waals surface area (Å²) in [6, 6.07) is 9.82. The smallest absolute Gasteiger partial charge is 0.303 e. The van der Waals surface area contributed by atoms with Crippen LogP contribution < -0.4 is 19.5 Å². The highest BCUT2D eigenvalue weighted by Gasteiger charge is 2.20. The van der Waals surface area contributed by atoms with Gasteiger partial charge in [-0.2, -0.15) is 0 Å². The first-order valence-electron chi connectivity index (χ1n) is 11.8. The van der Waals surface area contributed by atoms with Gasteiger partial charge in [-0.25, -0.2) is 0 Å². The van der Waals surface area contributed by atoms with E-state index >= 15 is 0 Å². The summed E-state index contributed by atoms with van der Waals surface area (Å²) in [5.74, 6) is 1.41. The number of carbonyl (C=O) groups is 2. The van der Waals surface area contributed by atoms with Gasteiger partial charge in [0.15, 0.2) is 11.5 Å². The normalized spacial score (nSPS) is 16.9. The van der Waals surface area contributed by atoms with E-state index in [9.17, 15) is 9.59 Å². The number of aliphatic carboxylic acids is 1. The van der Waals surface area contributed by atoms with E-state index in [1.807, 2.05) is 37.3 Å². The number of hydrogen-bond acceptors (Lipinski definition) is 6. The summed E-state index contributed by atoms with van der Waals surface area (Å²) in [7, 11) is 0. The van der Waals surface area contributed by atoms with Gasteiger partial charge < -0.3 is 24.6 Å². The van der Waals surface area contributed by atoms with Crippen molar-refractivity contribution in [3.8, 4) is 17.2 Å². The molecule has 2 aromatic rings. The summed E-state index contributed by atoms with van der Waals surface area (Å²) in [5.41, 5.74) is 4.02. The molecule has 8 heteroatoms. The monoisotopic (exact) mass is 468 g/mol. The van der Waals surface area contributed by atoms with E-state index in [0.29, 0.717) is 32.7 Å². The van der Waals surface area contributed by atoms with E-state index in [1.165, 1.54) is 0 Å². The molecule has 0 saturated heterocycles. The Hall–Kier alpha value is -3.26. The minimum atomic E-state index is -0.822. The van der Waals surface area contributed by atoms with Gasteiger partial charge in [-0.05, 0) is 67.5 Å². The second-order valence-electron chi connectivity index (χ2n) is 8.87. The molecule has 0 unspecified atom stereocenters. The van der Waals surface area contributed by atoms with Crippen LogP contribution in [0.2, 0.25) is 0 Å². The maximum absolute atomic E-state index is 12.7. The topological polar surface area (TPSA) is 97.3 Å². The van der Waals surface area contributed by atoms with Crippen LogP contribution in [-0.2, 0) is 29.1 Å². The first-order valence-corrected chi connectivity index (χ1v) is 11.8. The number of rotatable bonds is 5. The molecule has 0 fully saturated rings. The fourth-order valence-electron chi connectivity index (χ4n) is 4.28. The molecule has 0 radical (unpaired) electrons. The number of ether oxygens (including phenoxy) is 3. The maximum Gasteiger partial charge on any atom is 0.303 e. The number of nitrogens with one attached hydrogen (secondary N) is 1. The van der Waals surface area contributed by atoms with Gasteiger partial charge in [-0.15, -0.1) is 0 Å². The van der Waals surface area contributed by atoms with Crippen LogP contribution in [-0.4, -0.2) is 48.4 Å². The van der Waals surface area contributed by atoms with Crippen LogP contribution in [0.5, 0.6) is 17.2 Å². The van der Waals surface area contributed by atoms with E-state index in [2.05, 4.69) is 10.2 Å². The van der Waals surface area contributed by atoms with Crippen molar-refractivity contribution in [3.63, 3.8) is 0 Å². The molecular formula is C26H32N2O6. The van der Waals surface area contributed by atoms with E-state index in [1.54, 1.807) is 0 Å². The Morgan fingerprint density at radius 2 is 1.85 bits per heavy atom. The van der Waals surface area contributed by atoms with Crippen molar-refractivity contribution < 1.29 is 28.9 Å². The van der Waals surface area contributed by atoms with Crippen LogP contribution in [0.3, 0.4) is 0 Å². The van der Waals surface area contributed by atoms with E-state index < -0.39 is 5.97 Å². The van der Waals surface area contributed by atoms with Crippen molar-refractivity contribution in [2.45, 2.75) is 52.1 Å². The SMILES string of the molecule is Cc1cc2c(cc1CN1CC(=O)NCCCCCOc3ccc(CCC(=O)O)cc3C1)OCO2. The van der Waals surface area contributed by atoms with Gasteiger partial charge in [0.05, 0.1) is 13.2 Å².